The van der Waals surface area contributed by atoms with Crippen molar-refractivity contribution in [1.29, 1.82) is 5.26 Å². The quantitative estimate of drug-likeness (QED) is 0.817. The van der Waals surface area contributed by atoms with Crippen LogP contribution in [0.4, 0.5) is 0 Å². The van der Waals surface area contributed by atoms with E-state index in [0.29, 0.717) is 24.6 Å². The Balaban J connectivity index is 1.75. The third-order valence-corrected chi connectivity index (χ3v) is 3.26. The molecule has 2 N–H and O–H groups in total. The molecule has 1 aromatic rings. The first-order valence-electron chi connectivity index (χ1n) is 6.72. The van der Waals surface area contributed by atoms with E-state index in [1.165, 1.54) is 0 Å². The van der Waals surface area contributed by atoms with Crippen molar-refractivity contribution in [2.45, 2.75) is 38.3 Å². The zero-order valence-corrected chi connectivity index (χ0v) is 11.1. The number of carbonyl (C=O) groups is 1. The first-order valence-corrected chi connectivity index (χ1v) is 6.72. The Bertz CT molecular complexity index is 488. The highest BCUT2D eigenvalue weighted by Crippen LogP contribution is 2.18. The first kappa shape index (κ1) is 13.6. The van der Waals surface area contributed by atoms with Gasteiger partial charge in [-0.2, -0.15) is 5.26 Å². The van der Waals surface area contributed by atoms with E-state index >= 15 is 0 Å². The van der Waals surface area contributed by atoms with E-state index in [1.807, 2.05) is 25.1 Å². The molecular weight excluding hydrogens is 238 g/mol. The van der Waals surface area contributed by atoms with E-state index in [4.69, 9.17) is 5.26 Å². The first-order chi connectivity index (χ1) is 9.19. The van der Waals surface area contributed by atoms with Gasteiger partial charge in [0.1, 0.15) is 0 Å². The fraction of sp³-hybridized carbons (Fsp3) is 0.467. The largest absolute Gasteiger partial charge is 0.353 e. The van der Waals surface area contributed by atoms with Crippen LogP contribution in [0.15, 0.2) is 24.3 Å². The topological polar surface area (TPSA) is 64.9 Å². The Morgan fingerprint density at radius 2 is 2.32 bits per heavy atom. The molecule has 1 fully saturated rings. The van der Waals surface area contributed by atoms with Gasteiger partial charge in [-0.1, -0.05) is 12.1 Å². The molecule has 0 saturated heterocycles. The molecule has 1 aliphatic carbocycles. The van der Waals surface area contributed by atoms with Crippen LogP contribution in [0.5, 0.6) is 0 Å². The number of rotatable bonds is 6. The molecule has 1 amide bonds. The average molecular weight is 257 g/mol. The van der Waals surface area contributed by atoms with Gasteiger partial charge in [0.2, 0.25) is 5.91 Å². The van der Waals surface area contributed by atoms with Crippen molar-refractivity contribution in [1.82, 2.24) is 10.6 Å². The Kier molecular flexibility index (Phi) is 4.53. The summed E-state index contributed by atoms with van der Waals surface area (Å²) in [6, 6.07) is 10.2. The number of nitrogens with zero attached hydrogens (tertiary/aromatic N) is 1. The lowest BCUT2D eigenvalue weighted by Crippen LogP contribution is -2.30. The lowest BCUT2D eigenvalue weighted by Gasteiger charge is -2.14. The van der Waals surface area contributed by atoms with Gasteiger partial charge in [0.25, 0.3) is 0 Å². The number of benzene rings is 1. The summed E-state index contributed by atoms with van der Waals surface area (Å²) in [4.78, 5) is 11.5. The molecule has 0 aliphatic heterocycles. The van der Waals surface area contributed by atoms with Gasteiger partial charge >= 0.3 is 0 Å². The second kappa shape index (κ2) is 6.35. The van der Waals surface area contributed by atoms with Crippen LogP contribution in [0.2, 0.25) is 0 Å². The minimum atomic E-state index is 0.118. The minimum absolute atomic E-state index is 0.118. The second-order valence-corrected chi connectivity index (χ2v) is 5.00. The molecule has 1 unspecified atom stereocenters. The van der Waals surface area contributed by atoms with Crippen LogP contribution in [-0.2, 0) is 4.79 Å². The van der Waals surface area contributed by atoms with Crippen LogP contribution in [0.25, 0.3) is 0 Å². The third-order valence-electron chi connectivity index (χ3n) is 3.26. The van der Waals surface area contributed by atoms with Gasteiger partial charge < -0.3 is 10.6 Å². The molecule has 1 aliphatic rings. The molecule has 100 valence electrons. The van der Waals surface area contributed by atoms with Crippen LogP contribution >= 0.6 is 0 Å². The summed E-state index contributed by atoms with van der Waals surface area (Å²) in [6.07, 6.45) is 2.74. The summed E-state index contributed by atoms with van der Waals surface area (Å²) < 4.78 is 0. The van der Waals surface area contributed by atoms with E-state index < -0.39 is 0 Å². The highest BCUT2D eigenvalue weighted by atomic mass is 16.1. The van der Waals surface area contributed by atoms with E-state index in [0.717, 1.165) is 18.4 Å². The molecule has 1 saturated carbocycles. The number of nitriles is 1. The molecule has 2 rings (SSSR count). The van der Waals surface area contributed by atoms with Crippen LogP contribution in [0, 0.1) is 11.3 Å². The third kappa shape index (κ3) is 4.38. The van der Waals surface area contributed by atoms with Gasteiger partial charge in [0, 0.05) is 25.0 Å². The van der Waals surface area contributed by atoms with Gasteiger partial charge in [-0.15, -0.1) is 0 Å². The Morgan fingerprint density at radius 1 is 1.53 bits per heavy atom. The molecule has 0 heterocycles. The molecule has 0 spiro atoms. The van der Waals surface area contributed by atoms with E-state index in [2.05, 4.69) is 16.7 Å². The molecular formula is C15H19N3O. The number of carbonyl (C=O) groups excluding carboxylic acids is 1. The summed E-state index contributed by atoms with van der Waals surface area (Å²) in [6.45, 7) is 2.69. The van der Waals surface area contributed by atoms with E-state index in [9.17, 15) is 4.79 Å². The summed E-state index contributed by atoms with van der Waals surface area (Å²) in [5.41, 5.74) is 1.74. The molecule has 0 aromatic heterocycles. The normalized spacial score (nSPS) is 15.6. The highest BCUT2D eigenvalue weighted by Gasteiger charge is 2.22. The summed E-state index contributed by atoms with van der Waals surface area (Å²) in [5, 5.41) is 15.1. The van der Waals surface area contributed by atoms with Crippen LogP contribution in [0.1, 0.15) is 43.4 Å². The number of nitrogens with one attached hydrogen (secondary N) is 2. The fourth-order valence-corrected chi connectivity index (χ4v) is 1.93. The van der Waals surface area contributed by atoms with Gasteiger partial charge in [-0.05, 0) is 37.5 Å². The average Bonchev–Trinajstić information content (AvgIpc) is 3.22. The van der Waals surface area contributed by atoms with Crippen molar-refractivity contribution >= 4 is 5.91 Å². The number of hydrogen-bond donors (Lipinski definition) is 2. The van der Waals surface area contributed by atoms with E-state index in [-0.39, 0.29) is 11.9 Å². The maximum atomic E-state index is 11.5. The molecule has 4 heteroatoms. The second-order valence-electron chi connectivity index (χ2n) is 5.00. The van der Waals surface area contributed by atoms with Crippen molar-refractivity contribution in [3.8, 4) is 6.07 Å². The Labute approximate surface area is 113 Å². The summed E-state index contributed by atoms with van der Waals surface area (Å²) in [7, 11) is 0. The Morgan fingerprint density at radius 3 is 3.00 bits per heavy atom. The SMILES string of the molecule is CC(NCCC(=O)NC1CC1)c1cccc(C#N)c1. The predicted molar refractivity (Wildman–Crippen MR) is 73.4 cm³/mol. The molecule has 0 radical (unpaired) electrons. The minimum Gasteiger partial charge on any atom is -0.353 e. The maximum absolute atomic E-state index is 11.5. The zero-order valence-electron chi connectivity index (χ0n) is 11.1. The molecule has 1 aromatic carbocycles. The maximum Gasteiger partial charge on any atom is 0.221 e. The van der Waals surface area contributed by atoms with Crippen LogP contribution < -0.4 is 10.6 Å². The predicted octanol–water partition coefficient (Wildman–Crippen LogP) is 1.88. The fourth-order valence-electron chi connectivity index (χ4n) is 1.93. The van der Waals surface area contributed by atoms with Crippen molar-refractivity contribution in [3.05, 3.63) is 35.4 Å². The van der Waals surface area contributed by atoms with Gasteiger partial charge in [-0.3, -0.25) is 4.79 Å². The molecule has 4 nitrogen and oxygen atoms in total. The lowest BCUT2D eigenvalue weighted by molar-refractivity contribution is -0.121. The molecule has 0 bridgehead atoms. The van der Waals surface area contributed by atoms with Crippen molar-refractivity contribution < 1.29 is 4.79 Å². The summed E-state index contributed by atoms with van der Waals surface area (Å²) in [5.74, 6) is 0.118. The molecule has 1 atom stereocenters. The monoisotopic (exact) mass is 257 g/mol. The van der Waals surface area contributed by atoms with Crippen LogP contribution in [0.3, 0.4) is 0 Å². The lowest BCUT2D eigenvalue weighted by atomic mass is 10.1. The summed E-state index contributed by atoms with van der Waals surface area (Å²) >= 11 is 0. The van der Waals surface area contributed by atoms with Crippen molar-refractivity contribution in [2.75, 3.05) is 6.54 Å². The van der Waals surface area contributed by atoms with Crippen LogP contribution in [-0.4, -0.2) is 18.5 Å². The van der Waals surface area contributed by atoms with Crippen molar-refractivity contribution in [2.24, 2.45) is 0 Å². The van der Waals surface area contributed by atoms with Gasteiger partial charge in [0.15, 0.2) is 0 Å². The standard InChI is InChI=1S/C15H19N3O/c1-11(13-4-2-3-12(9-13)10-16)17-8-7-15(19)18-14-5-6-14/h2-4,9,11,14,17H,5-8H2,1H3,(H,18,19). The highest BCUT2D eigenvalue weighted by molar-refractivity contribution is 5.76. The Hall–Kier alpha value is -1.86. The molecule has 19 heavy (non-hydrogen) atoms. The zero-order chi connectivity index (χ0) is 13.7. The number of hydrogen-bond acceptors (Lipinski definition) is 3. The smallest absolute Gasteiger partial charge is 0.221 e. The van der Waals surface area contributed by atoms with E-state index in [1.54, 1.807) is 6.07 Å². The van der Waals surface area contributed by atoms with Gasteiger partial charge in [-0.25, -0.2) is 0 Å². The number of amides is 1. The van der Waals surface area contributed by atoms with Crippen molar-refractivity contribution in [3.63, 3.8) is 0 Å². The van der Waals surface area contributed by atoms with Gasteiger partial charge in [0.05, 0.1) is 11.6 Å².